The van der Waals surface area contributed by atoms with E-state index in [2.05, 4.69) is 10.5 Å². The molecule has 5 heteroatoms. The summed E-state index contributed by atoms with van der Waals surface area (Å²) in [5.74, 6) is -0.0207. The largest absolute Gasteiger partial charge is 0.394 e. The molecule has 5 nitrogen and oxygen atoms in total. The first-order valence-electron chi connectivity index (χ1n) is 7.23. The van der Waals surface area contributed by atoms with Gasteiger partial charge >= 0.3 is 0 Å². The predicted molar refractivity (Wildman–Crippen MR) is 76.9 cm³/mol. The van der Waals surface area contributed by atoms with Crippen LogP contribution in [0.2, 0.25) is 0 Å². The minimum Gasteiger partial charge on any atom is -0.394 e. The first kappa shape index (κ1) is 13.8. The number of rotatable bonds is 4. The molecular formula is C16H18N2O3. The Hall–Kier alpha value is -2.14. The lowest BCUT2D eigenvalue weighted by Crippen LogP contribution is -2.31. The van der Waals surface area contributed by atoms with Crippen LogP contribution >= 0.6 is 0 Å². The van der Waals surface area contributed by atoms with Crippen molar-refractivity contribution in [2.24, 2.45) is 0 Å². The molecule has 1 aliphatic carbocycles. The third kappa shape index (κ3) is 2.83. The maximum atomic E-state index is 12.4. The lowest BCUT2D eigenvalue weighted by Gasteiger charge is -2.16. The molecule has 3 rings (SSSR count). The number of aromatic nitrogens is 1. The highest BCUT2D eigenvalue weighted by atomic mass is 16.5. The third-order valence-corrected chi connectivity index (χ3v) is 3.86. The van der Waals surface area contributed by atoms with Crippen molar-refractivity contribution in [2.75, 3.05) is 6.61 Å². The molecule has 21 heavy (non-hydrogen) atoms. The second-order valence-corrected chi connectivity index (χ2v) is 5.26. The topological polar surface area (TPSA) is 75.4 Å². The van der Waals surface area contributed by atoms with Crippen LogP contribution in [0.4, 0.5) is 0 Å². The zero-order chi connectivity index (χ0) is 14.7. The summed E-state index contributed by atoms with van der Waals surface area (Å²) >= 11 is 0. The van der Waals surface area contributed by atoms with Crippen LogP contribution in [0.25, 0.3) is 0 Å². The van der Waals surface area contributed by atoms with Gasteiger partial charge in [0.05, 0.1) is 18.3 Å². The molecule has 1 aromatic carbocycles. The molecule has 1 aromatic heterocycles. The van der Waals surface area contributed by atoms with Crippen LogP contribution in [-0.2, 0) is 12.8 Å². The van der Waals surface area contributed by atoms with Gasteiger partial charge in [0.1, 0.15) is 0 Å². The summed E-state index contributed by atoms with van der Waals surface area (Å²) in [7, 11) is 0. The maximum Gasteiger partial charge on any atom is 0.290 e. The van der Waals surface area contributed by atoms with E-state index >= 15 is 0 Å². The Bertz CT molecular complexity index is 622. The van der Waals surface area contributed by atoms with E-state index in [1.54, 1.807) is 0 Å². The number of fused-ring (bicyclic) bond motifs is 1. The van der Waals surface area contributed by atoms with E-state index in [9.17, 15) is 9.90 Å². The summed E-state index contributed by atoms with van der Waals surface area (Å²) in [6.45, 7) is -0.161. The van der Waals surface area contributed by atoms with Crippen molar-refractivity contribution >= 4 is 5.91 Å². The van der Waals surface area contributed by atoms with Gasteiger partial charge < -0.3 is 14.9 Å². The molecule has 0 aliphatic heterocycles. The van der Waals surface area contributed by atoms with Crippen LogP contribution in [0.15, 0.2) is 34.9 Å². The predicted octanol–water partition coefficient (Wildman–Crippen LogP) is 2.02. The second-order valence-electron chi connectivity index (χ2n) is 5.26. The van der Waals surface area contributed by atoms with Gasteiger partial charge in [-0.2, -0.15) is 0 Å². The number of benzene rings is 1. The average molecular weight is 286 g/mol. The molecule has 1 unspecified atom stereocenters. The molecule has 1 amide bonds. The quantitative estimate of drug-likeness (QED) is 0.901. The van der Waals surface area contributed by atoms with Crippen molar-refractivity contribution in [2.45, 2.75) is 31.7 Å². The molecule has 0 saturated heterocycles. The van der Waals surface area contributed by atoms with Crippen molar-refractivity contribution in [1.82, 2.24) is 10.5 Å². The summed E-state index contributed by atoms with van der Waals surface area (Å²) in [6.07, 6.45) is 3.84. The number of aliphatic hydroxyl groups excluding tert-OH is 1. The Morgan fingerprint density at radius 3 is 2.81 bits per heavy atom. The van der Waals surface area contributed by atoms with Gasteiger partial charge in [0, 0.05) is 5.56 Å². The number of nitrogens with zero attached hydrogens (tertiary/aromatic N) is 1. The number of amides is 1. The molecule has 1 heterocycles. The highest BCUT2D eigenvalue weighted by Crippen LogP contribution is 2.24. The van der Waals surface area contributed by atoms with Gasteiger partial charge in [0.2, 0.25) is 5.76 Å². The van der Waals surface area contributed by atoms with Gasteiger partial charge in [-0.25, -0.2) is 0 Å². The Morgan fingerprint density at radius 1 is 1.29 bits per heavy atom. The molecule has 0 bridgehead atoms. The zero-order valence-electron chi connectivity index (χ0n) is 11.7. The van der Waals surface area contributed by atoms with E-state index in [4.69, 9.17) is 4.52 Å². The summed E-state index contributed by atoms with van der Waals surface area (Å²) < 4.78 is 5.22. The molecule has 2 N–H and O–H groups in total. The fourth-order valence-corrected chi connectivity index (χ4v) is 2.71. The van der Waals surface area contributed by atoms with Gasteiger partial charge in [-0.1, -0.05) is 35.5 Å². The maximum absolute atomic E-state index is 12.4. The molecule has 1 aliphatic rings. The highest BCUT2D eigenvalue weighted by molar-refractivity contribution is 5.93. The fraction of sp³-hybridized carbons (Fsp3) is 0.375. The molecule has 2 aromatic rings. The summed E-state index contributed by atoms with van der Waals surface area (Å²) in [5, 5.41) is 16.3. The smallest absolute Gasteiger partial charge is 0.290 e. The minimum absolute atomic E-state index is 0.161. The van der Waals surface area contributed by atoms with Gasteiger partial charge in [0.25, 0.3) is 5.91 Å². The lowest BCUT2D eigenvalue weighted by atomic mass is 9.96. The van der Waals surface area contributed by atoms with Crippen molar-refractivity contribution in [3.8, 4) is 0 Å². The second kappa shape index (κ2) is 6.10. The number of hydrogen-bond donors (Lipinski definition) is 2. The lowest BCUT2D eigenvalue weighted by molar-refractivity contribution is 0.0877. The van der Waals surface area contributed by atoms with Crippen molar-refractivity contribution in [3.05, 3.63) is 52.9 Å². The summed E-state index contributed by atoms with van der Waals surface area (Å²) in [6, 6.07) is 8.95. The summed E-state index contributed by atoms with van der Waals surface area (Å²) in [5.41, 5.74) is 2.68. The van der Waals surface area contributed by atoms with E-state index in [-0.39, 0.29) is 12.5 Å². The van der Waals surface area contributed by atoms with Crippen LogP contribution < -0.4 is 5.32 Å². The van der Waals surface area contributed by atoms with E-state index < -0.39 is 6.04 Å². The van der Waals surface area contributed by atoms with E-state index in [1.165, 1.54) is 0 Å². The van der Waals surface area contributed by atoms with Gasteiger partial charge in [-0.15, -0.1) is 0 Å². The zero-order valence-corrected chi connectivity index (χ0v) is 11.7. The van der Waals surface area contributed by atoms with Crippen LogP contribution in [0.5, 0.6) is 0 Å². The molecular weight excluding hydrogens is 268 g/mol. The van der Waals surface area contributed by atoms with Gasteiger partial charge in [0.15, 0.2) is 0 Å². The average Bonchev–Trinajstić information content (AvgIpc) is 2.97. The van der Waals surface area contributed by atoms with Crippen LogP contribution in [-0.4, -0.2) is 22.8 Å². The van der Waals surface area contributed by atoms with E-state index in [0.717, 1.165) is 42.5 Å². The van der Waals surface area contributed by atoms with Crippen molar-refractivity contribution < 1.29 is 14.4 Å². The Balaban J connectivity index is 1.78. The number of carbonyl (C=O) groups excluding carboxylic acids is 1. The van der Waals surface area contributed by atoms with Crippen molar-refractivity contribution in [3.63, 3.8) is 0 Å². The third-order valence-electron chi connectivity index (χ3n) is 3.86. The standard InChI is InChI=1S/C16H18N2O3/c19-10-14(11-6-2-1-3-7-11)17-16(20)15-12-8-4-5-9-13(12)18-21-15/h1-3,6-7,14,19H,4-5,8-10H2,(H,17,20). The van der Waals surface area contributed by atoms with Crippen LogP contribution in [0.3, 0.4) is 0 Å². The van der Waals surface area contributed by atoms with Crippen LogP contribution in [0, 0.1) is 0 Å². The molecule has 0 saturated carbocycles. The number of aliphatic hydroxyl groups is 1. The normalized spacial score (nSPS) is 15.3. The fourth-order valence-electron chi connectivity index (χ4n) is 2.71. The first-order chi connectivity index (χ1) is 10.3. The number of carbonyl (C=O) groups is 1. The Morgan fingerprint density at radius 2 is 2.05 bits per heavy atom. The van der Waals surface area contributed by atoms with E-state index in [1.807, 2.05) is 30.3 Å². The molecule has 110 valence electrons. The Kier molecular flexibility index (Phi) is 4.01. The molecule has 0 spiro atoms. The molecule has 0 radical (unpaired) electrons. The number of aryl methyl sites for hydroxylation is 1. The highest BCUT2D eigenvalue weighted by Gasteiger charge is 2.25. The number of hydrogen-bond acceptors (Lipinski definition) is 4. The first-order valence-corrected chi connectivity index (χ1v) is 7.23. The van der Waals surface area contributed by atoms with Crippen LogP contribution in [0.1, 0.15) is 46.3 Å². The van der Waals surface area contributed by atoms with Gasteiger partial charge in [-0.05, 0) is 31.2 Å². The van der Waals surface area contributed by atoms with Gasteiger partial charge in [-0.3, -0.25) is 4.79 Å². The SMILES string of the molecule is O=C(NC(CO)c1ccccc1)c1onc2c1CCCC2. The number of nitrogens with one attached hydrogen (secondary N) is 1. The van der Waals surface area contributed by atoms with Crippen molar-refractivity contribution in [1.29, 1.82) is 0 Å². The molecule has 1 atom stereocenters. The Labute approximate surface area is 123 Å². The molecule has 0 fully saturated rings. The summed E-state index contributed by atoms with van der Waals surface area (Å²) in [4.78, 5) is 12.4. The minimum atomic E-state index is -0.442. The monoisotopic (exact) mass is 286 g/mol. The van der Waals surface area contributed by atoms with E-state index in [0.29, 0.717) is 5.76 Å².